The van der Waals surface area contributed by atoms with E-state index in [-0.39, 0.29) is 17.9 Å². The fraction of sp³-hybridized carbons (Fsp3) is 0.538. The van der Waals surface area contributed by atoms with E-state index in [1.54, 1.807) is 38.2 Å². The Morgan fingerprint density at radius 3 is 2.70 bits per heavy atom. The van der Waals surface area contributed by atoms with E-state index < -0.39 is 0 Å². The summed E-state index contributed by atoms with van der Waals surface area (Å²) in [6.07, 6.45) is 1.32. The first-order chi connectivity index (χ1) is 9.47. The predicted molar refractivity (Wildman–Crippen MR) is 74.3 cm³/mol. The first kappa shape index (κ1) is 14.2. The van der Waals surface area contributed by atoms with Gasteiger partial charge in [0.25, 0.3) is 5.91 Å². The third kappa shape index (κ3) is 3.23. The lowest BCUT2D eigenvalue weighted by Crippen LogP contribution is -2.43. The molecule has 1 aromatic rings. The molecule has 1 saturated heterocycles. The van der Waals surface area contributed by atoms with Crippen molar-refractivity contribution in [3.8, 4) is 0 Å². The van der Waals surface area contributed by atoms with Gasteiger partial charge in [-0.05, 0) is 18.6 Å². The van der Waals surface area contributed by atoms with Gasteiger partial charge >= 0.3 is 0 Å². The van der Waals surface area contributed by atoms with E-state index >= 15 is 0 Å². The number of carbonyl (C=O) groups is 2. The van der Waals surface area contributed by atoms with E-state index in [0.29, 0.717) is 24.5 Å². The van der Waals surface area contributed by atoms with Crippen LogP contribution in [0.4, 0.5) is 5.82 Å². The van der Waals surface area contributed by atoms with Crippen LogP contribution in [0.25, 0.3) is 0 Å². The normalized spacial score (nSPS) is 18.9. The van der Waals surface area contributed by atoms with E-state index in [0.717, 1.165) is 6.42 Å². The van der Waals surface area contributed by atoms with Crippen molar-refractivity contribution in [2.24, 2.45) is 0 Å². The number of hydrogen-bond donors (Lipinski definition) is 1. The smallest absolute Gasteiger partial charge is 0.273 e. The Hall–Kier alpha value is -2.18. The average molecular weight is 277 g/mol. The summed E-state index contributed by atoms with van der Waals surface area (Å²) in [7, 11) is 5.14. The molecular weight excluding hydrogens is 258 g/mol. The summed E-state index contributed by atoms with van der Waals surface area (Å²) in [4.78, 5) is 26.3. The van der Waals surface area contributed by atoms with Crippen LogP contribution < -0.4 is 5.32 Å². The Labute approximate surface area is 118 Å². The van der Waals surface area contributed by atoms with Crippen molar-refractivity contribution in [3.63, 3.8) is 0 Å². The molecule has 108 valence electrons. The third-order valence-corrected chi connectivity index (χ3v) is 3.27. The van der Waals surface area contributed by atoms with Crippen LogP contribution in [0, 0.1) is 0 Å². The quantitative estimate of drug-likeness (QED) is 0.854. The van der Waals surface area contributed by atoms with Crippen molar-refractivity contribution in [3.05, 3.63) is 17.8 Å². The Morgan fingerprint density at radius 2 is 2.15 bits per heavy atom. The van der Waals surface area contributed by atoms with Crippen molar-refractivity contribution < 1.29 is 9.59 Å². The molecule has 2 amide bonds. The second-order valence-corrected chi connectivity index (χ2v) is 5.16. The lowest BCUT2D eigenvalue weighted by molar-refractivity contribution is -0.132. The lowest BCUT2D eigenvalue weighted by atomic mass is 10.1. The van der Waals surface area contributed by atoms with Crippen LogP contribution in [0.1, 0.15) is 23.3 Å². The van der Waals surface area contributed by atoms with Gasteiger partial charge in [-0.2, -0.15) is 0 Å². The molecule has 0 aliphatic carbocycles. The highest BCUT2D eigenvalue weighted by Gasteiger charge is 2.23. The molecule has 20 heavy (non-hydrogen) atoms. The van der Waals surface area contributed by atoms with Gasteiger partial charge in [-0.15, -0.1) is 10.2 Å². The molecule has 0 radical (unpaired) electrons. The van der Waals surface area contributed by atoms with Gasteiger partial charge < -0.3 is 15.1 Å². The average Bonchev–Trinajstić information content (AvgIpc) is 2.43. The summed E-state index contributed by atoms with van der Waals surface area (Å²) >= 11 is 0. The Bertz CT molecular complexity index is 500. The van der Waals surface area contributed by atoms with Gasteiger partial charge in [0, 0.05) is 40.2 Å². The fourth-order valence-corrected chi connectivity index (χ4v) is 2.09. The maximum absolute atomic E-state index is 11.7. The number of rotatable bonds is 3. The van der Waals surface area contributed by atoms with E-state index in [1.807, 2.05) is 0 Å². The highest BCUT2D eigenvalue weighted by Crippen LogP contribution is 2.14. The summed E-state index contributed by atoms with van der Waals surface area (Å²) < 4.78 is 0. The number of likely N-dealkylation sites (N-methyl/N-ethyl adjacent to an activating group) is 1. The third-order valence-electron chi connectivity index (χ3n) is 3.27. The molecule has 1 aliphatic rings. The van der Waals surface area contributed by atoms with Gasteiger partial charge in [0.2, 0.25) is 5.91 Å². The number of hydrogen-bond acceptors (Lipinski definition) is 5. The monoisotopic (exact) mass is 277 g/mol. The van der Waals surface area contributed by atoms with Gasteiger partial charge in [0.1, 0.15) is 5.82 Å². The van der Waals surface area contributed by atoms with E-state index in [4.69, 9.17) is 0 Å². The number of carbonyl (C=O) groups excluding carboxylic acids is 2. The predicted octanol–water partition coefficient (Wildman–Crippen LogP) is 0.211. The minimum atomic E-state index is -0.174. The number of aromatic nitrogens is 2. The molecule has 2 rings (SSSR count). The zero-order chi connectivity index (χ0) is 14.7. The van der Waals surface area contributed by atoms with Gasteiger partial charge in [0.05, 0.1) is 0 Å². The fourth-order valence-electron chi connectivity index (χ4n) is 2.09. The van der Waals surface area contributed by atoms with Crippen molar-refractivity contribution in [2.75, 3.05) is 33.0 Å². The van der Waals surface area contributed by atoms with Gasteiger partial charge in [0.15, 0.2) is 5.69 Å². The van der Waals surface area contributed by atoms with Gasteiger partial charge in [-0.3, -0.25) is 9.59 Å². The van der Waals surface area contributed by atoms with Crippen LogP contribution >= 0.6 is 0 Å². The maximum atomic E-state index is 11.7. The number of nitrogens with one attached hydrogen (secondary N) is 1. The zero-order valence-electron chi connectivity index (χ0n) is 12.0. The van der Waals surface area contributed by atoms with Crippen LogP contribution in [0.2, 0.25) is 0 Å². The number of piperidine rings is 1. The molecule has 2 heterocycles. The summed E-state index contributed by atoms with van der Waals surface area (Å²) in [6.45, 7) is 0.652. The van der Waals surface area contributed by atoms with Crippen molar-refractivity contribution in [1.82, 2.24) is 20.0 Å². The minimum Gasteiger partial charge on any atom is -0.364 e. The molecular formula is C13H19N5O2. The Balaban J connectivity index is 1.97. The number of anilines is 1. The van der Waals surface area contributed by atoms with E-state index in [1.165, 1.54) is 4.90 Å². The largest absolute Gasteiger partial charge is 0.364 e. The highest BCUT2D eigenvalue weighted by atomic mass is 16.2. The maximum Gasteiger partial charge on any atom is 0.273 e. The first-order valence-electron chi connectivity index (χ1n) is 6.53. The van der Waals surface area contributed by atoms with Crippen LogP contribution in [0.15, 0.2) is 12.1 Å². The second kappa shape index (κ2) is 5.85. The summed E-state index contributed by atoms with van der Waals surface area (Å²) in [6, 6.07) is 3.55. The molecule has 1 atom stereocenters. The minimum absolute atomic E-state index is 0.168. The Kier molecular flexibility index (Phi) is 4.16. The van der Waals surface area contributed by atoms with Gasteiger partial charge in [-0.25, -0.2) is 0 Å². The van der Waals surface area contributed by atoms with Crippen LogP contribution in [0.3, 0.4) is 0 Å². The molecule has 1 unspecified atom stereocenters. The standard InChI is InChI=1S/C13H19N5O2/c1-17(2)13(20)10-5-6-11(16-15-10)14-9-4-7-12(19)18(3)8-9/h5-6,9H,4,7-8H2,1-3H3,(H,14,16). The molecule has 0 bridgehead atoms. The van der Waals surface area contributed by atoms with E-state index in [9.17, 15) is 9.59 Å². The molecule has 0 aromatic carbocycles. The first-order valence-corrected chi connectivity index (χ1v) is 6.53. The van der Waals surface area contributed by atoms with E-state index in [2.05, 4.69) is 15.5 Å². The molecule has 0 saturated carbocycles. The molecule has 1 aliphatic heterocycles. The number of amides is 2. The lowest BCUT2D eigenvalue weighted by Gasteiger charge is -2.30. The molecule has 1 N–H and O–H groups in total. The number of likely N-dealkylation sites (tertiary alicyclic amines) is 1. The summed E-state index contributed by atoms with van der Waals surface area (Å²) in [5.41, 5.74) is 0.316. The summed E-state index contributed by atoms with van der Waals surface area (Å²) in [5.74, 6) is 0.612. The molecule has 7 heteroatoms. The number of nitrogens with zero attached hydrogens (tertiary/aromatic N) is 4. The van der Waals surface area contributed by atoms with Crippen LogP contribution in [0.5, 0.6) is 0 Å². The molecule has 1 aromatic heterocycles. The van der Waals surface area contributed by atoms with Gasteiger partial charge in [-0.1, -0.05) is 0 Å². The molecule has 7 nitrogen and oxygen atoms in total. The van der Waals surface area contributed by atoms with Crippen LogP contribution in [-0.2, 0) is 4.79 Å². The van der Waals surface area contributed by atoms with Crippen molar-refractivity contribution >= 4 is 17.6 Å². The SMILES string of the molecule is CN(C)C(=O)c1ccc(NC2CCC(=O)N(C)C2)nn1. The van der Waals surface area contributed by atoms with Crippen molar-refractivity contribution in [1.29, 1.82) is 0 Å². The zero-order valence-corrected chi connectivity index (χ0v) is 12.0. The topological polar surface area (TPSA) is 78.4 Å². The summed E-state index contributed by atoms with van der Waals surface area (Å²) in [5, 5.41) is 11.2. The highest BCUT2D eigenvalue weighted by molar-refractivity contribution is 5.91. The van der Waals surface area contributed by atoms with Crippen LogP contribution in [-0.4, -0.2) is 65.5 Å². The molecule has 0 spiro atoms. The molecule has 1 fully saturated rings. The Morgan fingerprint density at radius 1 is 1.40 bits per heavy atom. The van der Waals surface area contributed by atoms with Crippen molar-refractivity contribution in [2.45, 2.75) is 18.9 Å². The second-order valence-electron chi connectivity index (χ2n) is 5.16.